The van der Waals surface area contributed by atoms with E-state index in [1.807, 2.05) is 0 Å². The van der Waals surface area contributed by atoms with Gasteiger partial charge in [0.05, 0.1) is 0 Å². The molecule has 2 nitrogen and oxygen atoms in total. The van der Waals surface area contributed by atoms with Crippen LogP contribution in [0.4, 0.5) is 0 Å². The van der Waals surface area contributed by atoms with Crippen LogP contribution in [-0.2, 0) is 6.42 Å². The molecule has 1 aromatic rings. The van der Waals surface area contributed by atoms with Gasteiger partial charge in [0.1, 0.15) is 0 Å². The Morgan fingerprint density at radius 3 is 2.56 bits per heavy atom. The van der Waals surface area contributed by atoms with Crippen LogP contribution in [0.2, 0.25) is 0 Å². The molecule has 18 heavy (non-hydrogen) atoms. The number of aryl methyl sites for hydroxylation is 1. The Morgan fingerprint density at radius 1 is 1.11 bits per heavy atom. The van der Waals surface area contributed by atoms with Crippen LogP contribution in [0.15, 0.2) is 24.3 Å². The minimum Gasteiger partial charge on any atom is -0.300 e. The molecule has 0 unspecified atom stereocenters. The van der Waals surface area contributed by atoms with Crippen molar-refractivity contribution in [2.75, 3.05) is 32.7 Å². The van der Waals surface area contributed by atoms with E-state index in [0.29, 0.717) is 0 Å². The lowest BCUT2D eigenvalue weighted by Gasteiger charge is -2.34. The average Bonchev–Trinajstić information content (AvgIpc) is 3.21. The van der Waals surface area contributed by atoms with Gasteiger partial charge in [0.15, 0.2) is 0 Å². The highest BCUT2D eigenvalue weighted by molar-refractivity contribution is 5.22. The molecule has 0 spiro atoms. The van der Waals surface area contributed by atoms with Crippen molar-refractivity contribution < 1.29 is 0 Å². The van der Waals surface area contributed by atoms with Gasteiger partial charge in [0.25, 0.3) is 0 Å². The highest BCUT2D eigenvalue weighted by atomic mass is 15.3. The van der Waals surface area contributed by atoms with E-state index in [1.54, 1.807) is 0 Å². The molecule has 0 aromatic heterocycles. The molecule has 3 rings (SSSR count). The SMILES string of the molecule is Cc1cccc(CCN2CCN(C3CC3)CC2)c1. The van der Waals surface area contributed by atoms with E-state index in [9.17, 15) is 0 Å². The summed E-state index contributed by atoms with van der Waals surface area (Å²) in [5.41, 5.74) is 2.87. The highest BCUT2D eigenvalue weighted by Crippen LogP contribution is 2.27. The molecule has 2 aliphatic rings. The topological polar surface area (TPSA) is 6.48 Å². The molecular formula is C16H24N2. The maximum absolute atomic E-state index is 2.68. The molecule has 1 saturated heterocycles. The van der Waals surface area contributed by atoms with Gasteiger partial charge in [0.2, 0.25) is 0 Å². The highest BCUT2D eigenvalue weighted by Gasteiger charge is 2.30. The molecule has 1 aromatic carbocycles. The van der Waals surface area contributed by atoms with E-state index in [4.69, 9.17) is 0 Å². The van der Waals surface area contributed by atoms with Crippen molar-refractivity contribution in [3.63, 3.8) is 0 Å². The maximum Gasteiger partial charge on any atom is 0.0113 e. The van der Waals surface area contributed by atoms with E-state index < -0.39 is 0 Å². The second kappa shape index (κ2) is 5.41. The van der Waals surface area contributed by atoms with Gasteiger partial charge < -0.3 is 4.90 Å². The number of nitrogens with zero attached hydrogens (tertiary/aromatic N) is 2. The maximum atomic E-state index is 2.68. The second-order valence-corrected chi connectivity index (χ2v) is 5.85. The summed E-state index contributed by atoms with van der Waals surface area (Å²) in [6.45, 7) is 8.52. The predicted octanol–water partition coefficient (Wildman–Crippen LogP) is 2.32. The van der Waals surface area contributed by atoms with E-state index >= 15 is 0 Å². The Kier molecular flexibility index (Phi) is 3.67. The fourth-order valence-electron chi connectivity index (χ4n) is 2.95. The van der Waals surface area contributed by atoms with Crippen molar-refractivity contribution >= 4 is 0 Å². The summed E-state index contributed by atoms with van der Waals surface area (Å²) in [7, 11) is 0. The predicted molar refractivity (Wildman–Crippen MR) is 75.9 cm³/mol. The lowest BCUT2D eigenvalue weighted by Crippen LogP contribution is -2.47. The first-order valence-electron chi connectivity index (χ1n) is 7.33. The minimum atomic E-state index is 0.948. The number of rotatable bonds is 4. The smallest absolute Gasteiger partial charge is 0.0113 e. The fraction of sp³-hybridized carbons (Fsp3) is 0.625. The molecule has 2 fully saturated rings. The molecule has 1 saturated carbocycles. The first-order valence-corrected chi connectivity index (χ1v) is 7.33. The Hall–Kier alpha value is -0.860. The van der Waals surface area contributed by atoms with Crippen LogP contribution in [0.25, 0.3) is 0 Å². The van der Waals surface area contributed by atoms with Crippen LogP contribution < -0.4 is 0 Å². The summed E-state index contributed by atoms with van der Waals surface area (Å²) in [6.07, 6.45) is 4.09. The van der Waals surface area contributed by atoms with Crippen molar-refractivity contribution in [3.8, 4) is 0 Å². The van der Waals surface area contributed by atoms with E-state index in [2.05, 4.69) is 41.0 Å². The van der Waals surface area contributed by atoms with Gasteiger partial charge in [0, 0.05) is 38.8 Å². The third-order valence-electron chi connectivity index (χ3n) is 4.27. The Bertz CT molecular complexity index is 390. The zero-order valence-electron chi connectivity index (χ0n) is 11.4. The zero-order chi connectivity index (χ0) is 12.4. The lowest BCUT2D eigenvalue weighted by atomic mass is 10.1. The average molecular weight is 244 g/mol. The van der Waals surface area contributed by atoms with Gasteiger partial charge in [-0.2, -0.15) is 0 Å². The first kappa shape index (κ1) is 12.2. The fourth-order valence-corrected chi connectivity index (χ4v) is 2.95. The molecule has 0 amide bonds. The number of benzene rings is 1. The number of piperazine rings is 1. The van der Waals surface area contributed by atoms with Crippen molar-refractivity contribution in [1.29, 1.82) is 0 Å². The minimum absolute atomic E-state index is 0.948. The van der Waals surface area contributed by atoms with Crippen LogP contribution in [0.1, 0.15) is 24.0 Å². The van der Waals surface area contributed by atoms with Gasteiger partial charge in [-0.1, -0.05) is 29.8 Å². The normalized spacial score (nSPS) is 22.3. The molecule has 1 aliphatic heterocycles. The van der Waals surface area contributed by atoms with Crippen molar-refractivity contribution in [3.05, 3.63) is 35.4 Å². The van der Waals surface area contributed by atoms with Crippen molar-refractivity contribution in [2.45, 2.75) is 32.2 Å². The second-order valence-electron chi connectivity index (χ2n) is 5.85. The standard InChI is InChI=1S/C16H24N2/c1-14-3-2-4-15(13-14)7-8-17-9-11-18(12-10-17)16-5-6-16/h2-4,13,16H,5-12H2,1H3. The molecule has 0 radical (unpaired) electrons. The third kappa shape index (κ3) is 3.12. The molecule has 98 valence electrons. The van der Waals surface area contributed by atoms with E-state index in [1.165, 1.54) is 63.1 Å². The van der Waals surface area contributed by atoms with E-state index in [-0.39, 0.29) is 0 Å². The molecule has 2 heteroatoms. The quantitative estimate of drug-likeness (QED) is 0.802. The monoisotopic (exact) mass is 244 g/mol. The Balaban J connectivity index is 1.43. The molecule has 0 N–H and O–H groups in total. The lowest BCUT2D eigenvalue weighted by molar-refractivity contribution is 0.127. The summed E-state index contributed by atoms with van der Waals surface area (Å²) < 4.78 is 0. The van der Waals surface area contributed by atoms with Crippen LogP contribution >= 0.6 is 0 Å². The van der Waals surface area contributed by atoms with Crippen molar-refractivity contribution in [1.82, 2.24) is 9.80 Å². The van der Waals surface area contributed by atoms with Gasteiger partial charge in [-0.05, 0) is 31.7 Å². The third-order valence-corrected chi connectivity index (χ3v) is 4.27. The van der Waals surface area contributed by atoms with Gasteiger partial charge in [-0.15, -0.1) is 0 Å². The Labute approximate surface area is 111 Å². The van der Waals surface area contributed by atoms with Crippen LogP contribution in [0.5, 0.6) is 0 Å². The van der Waals surface area contributed by atoms with Crippen LogP contribution in [0.3, 0.4) is 0 Å². The Morgan fingerprint density at radius 2 is 1.89 bits per heavy atom. The zero-order valence-corrected chi connectivity index (χ0v) is 11.4. The van der Waals surface area contributed by atoms with Gasteiger partial charge in [-0.3, -0.25) is 4.90 Å². The molecule has 0 atom stereocenters. The van der Waals surface area contributed by atoms with Gasteiger partial charge in [-0.25, -0.2) is 0 Å². The van der Waals surface area contributed by atoms with E-state index in [0.717, 1.165) is 6.04 Å². The molecule has 1 aliphatic carbocycles. The molecule has 1 heterocycles. The summed E-state index contributed by atoms with van der Waals surface area (Å²) in [5.74, 6) is 0. The van der Waals surface area contributed by atoms with Crippen LogP contribution in [0, 0.1) is 6.92 Å². The van der Waals surface area contributed by atoms with Crippen LogP contribution in [-0.4, -0.2) is 48.6 Å². The first-order chi connectivity index (χ1) is 8.81. The molecule has 0 bridgehead atoms. The molecular weight excluding hydrogens is 220 g/mol. The summed E-state index contributed by atoms with van der Waals surface area (Å²) in [5, 5.41) is 0. The van der Waals surface area contributed by atoms with Gasteiger partial charge >= 0.3 is 0 Å². The van der Waals surface area contributed by atoms with Crippen molar-refractivity contribution in [2.24, 2.45) is 0 Å². The summed E-state index contributed by atoms with van der Waals surface area (Å²) >= 11 is 0. The number of hydrogen-bond acceptors (Lipinski definition) is 2. The summed E-state index contributed by atoms with van der Waals surface area (Å²) in [6, 6.07) is 9.88. The number of hydrogen-bond donors (Lipinski definition) is 0. The summed E-state index contributed by atoms with van der Waals surface area (Å²) in [4.78, 5) is 5.31. The largest absolute Gasteiger partial charge is 0.300 e.